The molecule has 2 rings (SSSR count). The lowest BCUT2D eigenvalue weighted by Gasteiger charge is -2.16. The maximum absolute atomic E-state index is 12.1. The molecule has 0 saturated heterocycles. The summed E-state index contributed by atoms with van der Waals surface area (Å²) in [5, 5.41) is 0.962. The fraction of sp³-hybridized carbons (Fsp3) is 0.190. The molecule has 2 aromatic rings. The fourth-order valence-electron chi connectivity index (χ4n) is 2.24. The zero-order chi connectivity index (χ0) is 20.3. The predicted molar refractivity (Wildman–Crippen MR) is 101 cm³/mol. The number of fused-ring (bicyclic) bond motifs is 1. The van der Waals surface area contributed by atoms with Crippen LogP contribution in [0.4, 0.5) is 0 Å². The van der Waals surface area contributed by atoms with Crippen LogP contribution in [-0.2, 0) is 14.4 Å². The molecule has 2 aromatic carbocycles. The van der Waals surface area contributed by atoms with Crippen molar-refractivity contribution in [2.75, 3.05) is 0 Å². The predicted octanol–water partition coefficient (Wildman–Crippen LogP) is 4.04. The van der Waals surface area contributed by atoms with Crippen molar-refractivity contribution >= 4 is 28.7 Å². The van der Waals surface area contributed by atoms with Crippen LogP contribution in [0.2, 0.25) is 0 Å². The summed E-state index contributed by atoms with van der Waals surface area (Å²) >= 11 is 0. The van der Waals surface area contributed by atoms with E-state index in [4.69, 9.17) is 14.2 Å². The molecular weight excluding hydrogens is 348 g/mol. The van der Waals surface area contributed by atoms with E-state index in [1.54, 1.807) is 18.2 Å². The van der Waals surface area contributed by atoms with Crippen LogP contribution < -0.4 is 14.2 Å². The summed E-state index contributed by atoms with van der Waals surface area (Å²) < 4.78 is 16.0. The largest absolute Gasteiger partial charge is 0.423 e. The highest BCUT2D eigenvalue weighted by Gasteiger charge is 2.21. The van der Waals surface area contributed by atoms with Crippen LogP contribution >= 0.6 is 0 Å². The molecule has 0 unspecified atom stereocenters. The zero-order valence-electron chi connectivity index (χ0n) is 15.7. The minimum Gasteiger partial charge on any atom is -0.423 e. The minimum atomic E-state index is -0.669. The number of ether oxygens (including phenoxy) is 3. The average Bonchev–Trinajstić information content (AvgIpc) is 2.57. The third-order valence-electron chi connectivity index (χ3n) is 3.52. The van der Waals surface area contributed by atoms with Crippen molar-refractivity contribution in [1.29, 1.82) is 0 Å². The molecule has 0 spiro atoms. The smallest absolute Gasteiger partial charge is 0.338 e. The van der Waals surface area contributed by atoms with Crippen LogP contribution in [0.1, 0.15) is 26.3 Å². The van der Waals surface area contributed by atoms with Crippen LogP contribution in [0.5, 0.6) is 17.2 Å². The van der Waals surface area contributed by atoms with Gasteiger partial charge < -0.3 is 14.2 Å². The van der Waals surface area contributed by atoms with Crippen LogP contribution in [-0.4, -0.2) is 17.9 Å². The molecule has 0 bridgehead atoms. The lowest BCUT2D eigenvalue weighted by molar-refractivity contribution is -0.133. The maximum Gasteiger partial charge on any atom is 0.338 e. The molecular formula is C21H20O6. The Hall–Kier alpha value is -3.41. The summed E-state index contributed by atoms with van der Waals surface area (Å²) in [6.45, 7) is 13.2. The molecule has 0 atom stereocenters. The Balaban J connectivity index is 2.76. The van der Waals surface area contributed by atoms with E-state index in [2.05, 4.69) is 13.2 Å². The SMILES string of the molecule is C=C(C)C(=O)Oc1cc(OC(C)=O)c(OC(=O)C(=C)C)c2ccc(C)cc12. The minimum absolute atomic E-state index is 0.0435. The second kappa shape index (κ2) is 7.86. The summed E-state index contributed by atoms with van der Waals surface area (Å²) in [7, 11) is 0. The molecule has 0 aliphatic carbocycles. The highest BCUT2D eigenvalue weighted by Crippen LogP contribution is 2.42. The van der Waals surface area contributed by atoms with Crippen molar-refractivity contribution in [2.24, 2.45) is 0 Å². The van der Waals surface area contributed by atoms with Gasteiger partial charge in [0.05, 0.1) is 0 Å². The van der Waals surface area contributed by atoms with E-state index in [9.17, 15) is 14.4 Å². The second-order valence-electron chi connectivity index (χ2n) is 6.18. The first-order valence-electron chi connectivity index (χ1n) is 8.11. The molecule has 0 amide bonds. The molecule has 0 aliphatic rings. The number of hydrogen-bond donors (Lipinski definition) is 0. The lowest BCUT2D eigenvalue weighted by atomic mass is 10.0. The standard InChI is InChI=1S/C21H20O6/c1-11(2)20(23)26-17-10-18(25-14(6)22)19(27-21(24)12(3)4)15-8-7-13(5)9-16(15)17/h7-10H,1,3H2,2,4-6H3. The Bertz CT molecular complexity index is 984. The molecule has 27 heavy (non-hydrogen) atoms. The number of carbonyl (C=O) groups excluding carboxylic acids is 3. The number of rotatable bonds is 5. The van der Waals surface area contributed by atoms with Crippen molar-refractivity contribution in [1.82, 2.24) is 0 Å². The Morgan fingerprint density at radius 1 is 0.778 bits per heavy atom. The molecule has 0 aliphatic heterocycles. The molecule has 0 aromatic heterocycles. The van der Waals surface area contributed by atoms with Gasteiger partial charge >= 0.3 is 17.9 Å². The molecule has 6 nitrogen and oxygen atoms in total. The first kappa shape index (κ1) is 19.9. The number of benzene rings is 2. The maximum atomic E-state index is 12.1. The third-order valence-corrected chi connectivity index (χ3v) is 3.52. The number of esters is 3. The van der Waals surface area contributed by atoms with Crippen molar-refractivity contribution in [2.45, 2.75) is 27.7 Å². The van der Waals surface area contributed by atoms with E-state index in [0.717, 1.165) is 5.56 Å². The summed E-state index contributed by atoms with van der Waals surface area (Å²) in [6.07, 6.45) is 0. The number of aryl methyl sites for hydroxylation is 1. The first-order chi connectivity index (χ1) is 12.6. The van der Waals surface area contributed by atoms with E-state index in [1.165, 1.54) is 26.8 Å². The molecule has 0 N–H and O–H groups in total. The molecule has 140 valence electrons. The van der Waals surface area contributed by atoms with Crippen molar-refractivity contribution in [3.63, 3.8) is 0 Å². The summed E-state index contributed by atoms with van der Waals surface area (Å²) in [6, 6.07) is 6.59. The molecule has 6 heteroatoms. The third kappa shape index (κ3) is 4.61. The van der Waals surface area contributed by atoms with Crippen LogP contribution in [0.15, 0.2) is 48.6 Å². The van der Waals surface area contributed by atoms with Gasteiger partial charge in [-0.3, -0.25) is 4.79 Å². The van der Waals surface area contributed by atoms with Gasteiger partial charge in [0.1, 0.15) is 5.75 Å². The van der Waals surface area contributed by atoms with E-state index in [-0.39, 0.29) is 28.4 Å². The van der Waals surface area contributed by atoms with Gasteiger partial charge in [-0.15, -0.1) is 0 Å². The Morgan fingerprint density at radius 2 is 1.37 bits per heavy atom. The molecule has 0 fully saturated rings. The van der Waals surface area contributed by atoms with E-state index in [1.807, 2.05) is 6.92 Å². The van der Waals surface area contributed by atoms with Gasteiger partial charge in [0.15, 0.2) is 11.5 Å². The molecule has 0 radical (unpaired) electrons. The van der Waals surface area contributed by atoms with Gasteiger partial charge in [0, 0.05) is 34.9 Å². The normalized spacial score (nSPS) is 10.2. The average molecular weight is 368 g/mol. The molecule has 0 heterocycles. The number of carbonyl (C=O) groups is 3. The van der Waals surface area contributed by atoms with Gasteiger partial charge in [-0.05, 0) is 26.8 Å². The molecule has 0 saturated carbocycles. The van der Waals surface area contributed by atoms with Crippen LogP contribution in [0.25, 0.3) is 10.8 Å². The zero-order valence-corrected chi connectivity index (χ0v) is 15.7. The second-order valence-corrected chi connectivity index (χ2v) is 6.18. The monoisotopic (exact) mass is 368 g/mol. The van der Waals surface area contributed by atoms with Crippen LogP contribution in [0, 0.1) is 6.92 Å². The quantitative estimate of drug-likeness (QED) is 0.450. The van der Waals surface area contributed by atoms with Gasteiger partial charge in [0.2, 0.25) is 0 Å². The lowest BCUT2D eigenvalue weighted by Crippen LogP contribution is -2.13. The summed E-state index contributed by atoms with van der Waals surface area (Å²) in [5.41, 5.74) is 1.29. The van der Waals surface area contributed by atoms with Crippen molar-refractivity contribution in [3.8, 4) is 17.2 Å². The fourth-order valence-corrected chi connectivity index (χ4v) is 2.24. The van der Waals surface area contributed by atoms with E-state index < -0.39 is 17.9 Å². The van der Waals surface area contributed by atoms with Crippen LogP contribution in [0.3, 0.4) is 0 Å². The Kier molecular flexibility index (Phi) is 5.80. The van der Waals surface area contributed by atoms with Gasteiger partial charge in [0.25, 0.3) is 0 Å². The summed E-state index contributed by atoms with van der Waals surface area (Å²) in [5.74, 6) is -1.75. The highest BCUT2D eigenvalue weighted by molar-refractivity contribution is 6.01. The Labute approximate surface area is 157 Å². The first-order valence-corrected chi connectivity index (χ1v) is 8.11. The van der Waals surface area contributed by atoms with Gasteiger partial charge in [-0.2, -0.15) is 0 Å². The van der Waals surface area contributed by atoms with Gasteiger partial charge in [-0.25, -0.2) is 9.59 Å². The topological polar surface area (TPSA) is 78.9 Å². The number of hydrogen-bond acceptors (Lipinski definition) is 6. The Morgan fingerprint density at radius 3 is 1.93 bits per heavy atom. The summed E-state index contributed by atoms with van der Waals surface area (Å²) in [4.78, 5) is 35.6. The van der Waals surface area contributed by atoms with E-state index >= 15 is 0 Å². The van der Waals surface area contributed by atoms with Crippen molar-refractivity contribution in [3.05, 3.63) is 54.1 Å². The van der Waals surface area contributed by atoms with Gasteiger partial charge in [-0.1, -0.05) is 30.9 Å². The van der Waals surface area contributed by atoms with Crippen molar-refractivity contribution < 1.29 is 28.6 Å². The highest BCUT2D eigenvalue weighted by atomic mass is 16.6. The van der Waals surface area contributed by atoms with E-state index in [0.29, 0.717) is 10.8 Å².